The van der Waals surface area contributed by atoms with Crippen LogP contribution >= 0.6 is 0 Å². The van der Waals surface area contributed by atoms with Crippen molar-refractivity contribution in [3.05, 3.63) is 30.1 Å². The van der Waals surface area contributed by atoms with Gasteiger partial charge in [-0.05, 0) is 147 Å². The van der Waals surface area contributed by atoms with Gasteiger partial charge in [0.1, 0.15) is 23.8 Å². The number of nitrogens with zero attached hydrogens (tertiary/aromatic N) is 4. The fourth-order valence-corrected chi connectivity index (χ4v) is 10.6. The zero-order valence-corrected chi connectivity index (χ0v) is 37.1. The molecule has 16 heteroatoms. The van der Waals surface area contributed by atoms with Crippen LogP contribution in [0.4, 0.5) is 23.8 Å². The summed E-state index contributed by atoms with van der Waals surface area (Å²) >= 11 is 0. The van der Waals surface area contributed by atoms with Gasteiger partial charge in [0.2, 0.25) is 17.7 Å². The molecule has 0 radical (unpaired) electrons. The van der Waals surface area contributed by atoms with Gasteiger partial charge in [0.05, 0.1) is 23.2 Å². The third-order valence-electron chi connectivity index (χ3n) is 14.2. The number of piperidine rings is 1. The van der Waals surface area contributed by atoms with Crippen LogP contribution in [0.3, 0.4) is 0 Å². The van der Waals surface area contributed by atoms with Crippen molar-refractivity contribution in [3.63, 3.8) is 0 Å². The predicted octanol–water partition coefficient (Wildman–Crippen LogP) is 7.20. The van der Waals surface area contributed by atoms with E-state index in [9.17, 15) is 32.3 Å². The second-order valence-corrected chi connectivity index (χ2v) is 20.3. The number of nitrogens with one attached hydrogen (secondary N) is 4. The number of carbonyl (C=O) groups is 4. The molecule has 2 aliphatic heterocycles. The van der Waals surface area contributed by atoms with E-state index in [4.69, 9.17) is 4.74 Å². The molecular weight excluding hydrogens is 802 g/mol. The molecule has 1 aromatic carbocycles. The number of aromatic nitrogens is 2. The van der Waals surface area contributed by atoms with Crippen LogP contribution in [0.15, 0.2) is 24.5 Å². The van der Waals surface area contributed by atoms with Gasteiger partial charge >= 0.3 is 12.3 Å². The van der Waals surface area contributed by atoms with Crippen LogP contribution < -0.4 is 21.3 Å². The summed E-state index contributed by atoms with van der Waals surface area (Å²) in [7, 11) is 0. The monoisotopic (exact) mass is 869 g/mol. The Kier molecular flexibility index (Phi) is 13.9. The van der Waals surface area contributed by atoms with Crippen molar-refractivity contribution in [1.82, 2.24) is 35.7 Å². The molecule has 4 N–H and O–H groups in total. The highest BCUT2D eigenvalue weighted by atomic mass is 19.4. The van der Waals surface area contributed by atoms with Gasteiger partial charge in [-0.15, -0.1) is 0 Å². The van der Waals surface area contributed by atoms with Gasteiger partial charge in [-0.25, -0.2) is 14.8 Å². The standard InChI is InChI=1S/C46H67F3N8O5/c1-28(2)26-50-33-11-13-38(57-21-16-36(42(57)60)54-39-34-24-31(46(47,48)49)8-12-35(34)51-27-52-39)37(25-33)55-41(59)29-6-9-32(10-7-29)53-40(58)30-14-17-45(18-15-30)19-22-56(23-20-45)43(61)62-44(3,4)5/h8,12,24,27-30,32-33,36-38,50H,6-7,9-11,13-23,25-26H2,1-5H3,(H,53,58)(H,55,59)(H,51,52,54)/t29?,32?,33-,36+,37-,38+/m1/s1. The molecule has 13 nitrogen and oxygen atoms in total. The maximum Gasteiger partial charge on any atom is 0.416 e. The average molecular weight is 869 g/mol. The molecule has 3 aliphatic carbocycles. The molecule has 5 aliphatic rings. The zero-order valence-electron chi connectivity index (χ0n) is 37.1. The topological polar surface area (TPSA) is 158 Å². The number of fused-ring (bicyclic) bond motifs is 1. The fourth-order valence-electron chi connectivity index (χ4n) is 10.6. The lowest BCUT2D eigenvalue weighted by atomic mass is 9.65. The Morgan fingerprint density at radius 2 is 1.50 bits per heavy atom. The van der Waals surface area contributed by atoms with Crippen molar-refractivity contribution in [2.45, 2.75) is 166 Å². The fraction of sp³-hybridized carbons (Fsp3) is 0.739. The van der Waals surface area contributed by atoms with Crippen molar-refractivity contribution in [2.75, 3.05) is 31.5 Å². The molecule has 0 unspecified atom stereocenters. The second kappa shape index (κ2) is 18.9. The van der Waals surface area contributed by atoms with Crippen LogP contribution in [0.1, 0.15) is 130 Å². The van der Waals surface area contributed by atoms with Crippen LogP contribution in [0.5, 0.6) is 0 Å². The maximum atomic E-state index is 14.1. The van der Waals surface area contributed by atoms with Gasteiger partial charge in [-0.1, -0.05) is 13.8 Å². The Balaban J connectivity index is 0.905. The minimum atomic E-state index is -4.54. The molecule has 7 rings (SSSR count). The van der Waals surface area contributed by atoms with E-state index in [1.165, 1.54) is 12.4 Å². The van der Waals surface area contributed by atoms with Crippen LogP contribution in [0, 0.1) is 23.2 Å². The van der Waals surface area contributed by atoms with Gasteiger partial charge in [0, 0.05) is 48.9 Å². The number of alkyl halides is 3. The summed E-state index contributed by atoms with van der Waals surface area (Å²) < 4.78 is 46.3. The minimum absolute atomic E-state index is 0.0150. The van der Waals surface area contributed by atoms with Crippen LogP contribution in [0.2, 0.25) is 0 Å². The Morgan fingerprint density at radius 3 is 2.16 bits per heavy atom. The number of amides is 4. The quantitative estimate of drug-likeness (QED) is 0.194. The number of benzene rings is 1. The van der Waals surface area contributed by atoms with Crippen molar-refractivity contribution >= 4 is 40.5 Å². The number of hydrogen-bond acceptors (Lipinski definition) is 9. The lowest BCUT2D eigenvalue weighted by Gasteiger charge is -2.45. The molecule has 3 heterocycles. The van der Waals surface area contributed by atoms with Gasteiger partial charge in [0.15, 0.2) is 0 Å². The van der Waals surface area contributed by atoms with E-state index in [0.29, 0.717) is 63.2 Å². The summed E-state index contributed by atoms with van der Waals surface area (Å²) in [5, 5.41) is 13.7. The van der Waals surface area contributed by atoms with E-state index >= 15 is 0 Å². The van der Waals surface area contributed by atoms with E-state index in [1.807, 2.05) is 30.6 Å². The average Bonchev–Trinajstić information content (AvgIpc) is 3.58. The number of halogens is 3. The summed E-state index contributed by atoms with van der Waals surface area (Å²) in [6.07, 6.45) is 7.53. The third-order valence-corrected chi connectivity index (χ3v) is 14.2. The Hall–Kier alpha value is -4.21. The van der Waals surface area contributed by atoms with E-state index in [0.717, 1.165) is 76.5 Å². The molecule has 1 aromatic heterocycles. The molecule has 2 aromatic rings. The molecular formula is C46H67F3N8O5. The van der Waals surface area contributed by atoms with Gasteiger partial charge in [0.25, 0.3) is 0 Å². The number of likely N-dealkylation sites (tertiary alicyclic amines) is 2. The van der Waals surface area contributed by atoms with Crippen molar-refractivity contribution in [3.8, 4) is 0 Å². The number of hydrogen-bond donors (Lipinski definition) is 4. The molecule has 2 saturated heterocycles. The highest BCUT2D eigenvalue weighted by Gasteiger charge is 2.45. The Morgan fingerprint density at radius 1 is 0.839 bits per heavy atom. The second-order valence-electron chi connectivity index (χ2n) is 20.3. The molecule has 4 amide bonds. The lowest BCUT2D eigenvalue weighted by Crippen LogP contribution is -2.59. The van der Waals surface area contributed by atoms with E-state index in [2.05, 4.69) is 45.1 Å². The Bertz CT molecular complexity index is 1910. The predicted molar refractivity (Wildman–Crippen MR) is 230 cm³/mol. The Labute approximate surface area is 363 Å². The third kappa shape index (κ3) is 11.1. The molecule has 3 saturated carbocycles. The van der Waals surface area contributed by atoms with Gasteiger partial charge < -0.3 is 35.8 Å². The van der Waals surface area contributed by atoms with Crippen molar-refractivity contribution < 1.29 is 37.1 Å². The number of rotatable bonds is 10. The molecule has 0 bridgehead atoms. The number of ether oxygens (including phenoxy) is 1. The highest BCUT2D eigenvalue weighted by molar-refractivity contribution is 5.93. The molecule has 4 atom stereocenters. The molecule has 342 valence electrons. The first-order valence-electron chi connectivity index (χ1n) is 23.1. The smallest absolute Gasteiger partial charge is 0.416 e. The summed E-state index contributed by atoms with van der Waals surface area (Å²) in [5.41, 5.74) is -0.800. The first-order valence-corrected chi connectivity index (χ1v) is 23.1. The van der Waals surface area contributed by atoms with Crippen molar-refractivity contribution in [1.29, 1.82) is 0 Å². The highest BCUT2D eigenvalue weighted by Crippen LogP contribution is 2.47. The summed E-state index contributed by atoms with van der Waals surface area (Å²) in [6, 6.07) is 2.36. The first-order chi connectivity index (χ1) is 29.4. The van der Waals surface area contributed by atoms with E-state index in [1.54, 1.807) is 0 Å². The minimum Gasteiger partial charge on any atom is -0.444 e. The van der Waals surface area contributed by atoms with Crippen LogP contribution in [-0.2, 0) is 25.3 Å². The van der Waals surface area contributed by atoms with Gasteiger partial charge in [-0.2, -0.15) is 13.2 Å². The molecule has 62 heavy (non-hydrogen) atoms. The molecule has 1 spiro atoms. The maximum absolute atomic E-state index is 14.1. The SMILES string of the molecule is CC(C)CN[C@@H]1CC[C@H](N2CC[C@H](Nc3ncnc4ccc(C(F)(F)F)cc34)C2=O)[C@H](NC(=O)C2CCC(NC(=O)C3CCC4(CC3)CCN(C(=O)OC(C)(C)C)CC4)CC2)C1. The van der Waals surface area contributed by atoms with E-state index < -0.39 is 23.4 Å². The number of anilines is 1. The van der Waals surface area contributed by atoms with Crippen LogP contribution in [-0.4, -0.2) is 106 Å². The largest absolute Gasteiger partial charge is 0.444 e. The van der Waals surface area contributed by atoms with E-state index in [-0.39, 0.29) is 76.4 Å². The molecule has 5 fully saturated rings. The first kappa shape index (κ1) is 45.8. The summed E-state index contributed by atoms with van der Waals surface area (Å²) in [6.45, 7) is 12.6. The van der Waals surface area contributed by atoms with Crippen LogP contribution in [0.25, 0.3) is 10.9 Å². The van der Waals surface area contributed by atoms with Gasteiger partial charge in [-0.3, -0.25) is 14.4 Å². The summed E-state index contributed by atoms with van der Waals surface area (Å²) in [5.74, 6) is 0.376. The normalized spacial score (nSPS) is 27.4. The lowest BCUT2D eigenvalue weighted by molar-refractivity contribution is -0.137. The zero-order chi connectivity index (χ0) is 44.4. The number of carbonyl (C=O) groups excluding carboxylic acids is 4. The summed E-state index contributed by atoms with van der Waals surface area (Å²) in [4.78, 5) is 66.1. The van der Waals surface area contributed by atoms with Crippen molar-refractivity contribution in [2.24, 2.45) is 23.2 Å².